The fourth-order valence-corrected chi connectivity index (χ4v) is 1.92. The van der Waals surface area contributed by atoms with E-state index >= 15 is 0 Å². The van der Waals surface area contributed by atoms with Crippen LogP contribution in [-0.4, -0.2) is 44.1 Å². The highest BCUT2D eigenvalue weighted by Crippen LogP contribution is 2.20. The number of rotatable bonds is 4. The highest BCUT2D eigenvalue weighted by Gasteiger charge is 2.04. The summed E-state index contributed by atoms with van der Waals surface area (Å²) in [4.78, 5) is 25.2. The van der Waals surface area contributed by atoms with Crippen LogP contribution in [0.15, 0.2) is 12.1 Å². The third-order valence-electron chi connectivity index (χ3n) is 2.07. The summed E-state index contributed by atoms with van der Waals surface area (Å²) in [6.45, 7) is 2.76. The number of amides is 4. The molecule has 0 saturated carbocycles. The van der Waals surface area contributed by atoms with Crippen molar-refractivity contribution in [1.29, 1.82) is 0 Å². The van der Waals surface area contributed by atoms with Crippen LogP contribution in [0.3, 0.4) is 0 Å². The summed E-state index contributed by atoms with van der Waals surface area (Å²) < 4.78 is 0. The molecule has 0 aliphatic carbocycles. The molecule has 1 heterocycles. The maximum Gasteiger partial charge on any atom is 0.319 e. The lowest BCUT2D eigenvalue weighted by Gasteiger charge is -2.12. The van der Waals surface area contributed by atoms with Crippen molar-refractivity contribution in [1.82, 2.24) is 15.5 Å². The molecular weight excluding hydrogens is 252 g/mol. The van der Waals surface area contributed by atoms with E-state index in [1.54, 1.807) is 14.1 Å². The van der Waals surface area contributed by atoms with E-state index in [4.69, 9.17) is 0 Å². The second-order valence-electron chi connectivity index (χ2n) is 3.92. The van der Waals surface area contributed by atoms with Gasteiger partial charge in [0.1, 0.15) is 0 Å². The van der Waals surface area contributed by atoms with Crippen LogP contribution in [-0.2, 0) is 0 Å². The van der Waals surface area contributed by atoms with Gasteiger partial charge in [0, 0.05) is 32.1 Å². The Morgan fingerprint density at radius 3 is 2.44 bits per heavy atom. The molecule has 0 saturated heterocycles. The molecule has 0 radical (unpaired) electrons. The van der Waals surface area contributed by atoms with Gasteiger partial charge < -0.3 is 15.5 Å². The number of nitrogens with zero attached hydrogens (tertiary/aromatic N) is 1. The standard InChI is InChI=1S/C11H18N4O2S/c1-8-4-5-9(18-8)14-10(16)12-6-7-13-11(17)15(2)3/h4-5H,6-7H2,1-3H3,(H,13,17)(H2,12,14,16). The lowest BCUT2D eigenvalue weighted by molar-refractivity contribution is 0.217. The first-order valence-electron chi connectivity index (χ1n) is 5.55. The Morgan fingerprint density at radius 1 is 1.22 bits per heavy atom. The molecule has 0 spiro atoms. The molecule has 1 aromatic rings. The average molecular weight is 270 g/mol. The molecule has 0 atom stereocenters. The van der Waals surface area contributed by atoms with E-state index in [0.717, 1.165) is 9.88 Å². The predicted molar refractivity (Wildman–Crippen MR) is 73.2 cm³/mol. The van der Waals surface area contributed by atoms with E-state index in [0.29, 0.717) is 13.1 Å². The zero-order valence-corrected chi connectivity index (χ0v) is 11.6. The van der Waals surface area contributed by atoms with Crippen LogP contribution in [0, 0.1) is 6.92 Å². The SMILES string of the molecule is Cc1ccc(NC(=O)NCCNC(=O)N(C)C)s1. The van der Waals surface area contributed by atoms with E-state index in [1.165, 1.54) is 16.2 Å². The smallest absolute Gasteiger partial charge is 0.319 e. The summed E-state index contributed by atoms with van der Waals surface area (Å²) in [5.74, 6) is 0. The number of nitrogens with one attached hydrogen (secondary N) is 3. The van der Waals surface area contributed by atoms with Crippen molar-refractivity contribution in [3.05, 3.63) is 17.0 Å². The Bertz CT molecular complexity index is 417. The Balaban J connectivity index is 2.16. The molecule has 3 N–H and O–H groups in total. The van der Waals surface area contributed by atoms with Crippen molar-refractivity contribution in [3.63, 3.8) is 0 Å². The lowest BCUT2D eigenvalue weighted by atomic mass is 10.5. The first-order chi connectivity index (χ1) is 8.49. The second-order valence-corrected chi connectivity index (χ2v) is 5.21. The maximum atomic E-state index is 11.5. The van der Waals surface area contributed by atoms with Crippen LogP contribution >= 0.6 is 11.3 Å². The molecule has 0 aliphatic heterocycles. The van der Waals surface area contributed by atoms with Crippen molar-refractivity contribution in [2.24, 2.45) is 0 Å². The molecule has 1 aromatic heterocycles. The van der Waals surface area contributed by atoms with Gasteiger partial charge in [0.05, 0.1) is 5.00 Å². The fourth-order valence-electron chi connectivity index (χ4n) is 1.16. The van der Waals surface area contributed by atoms with Crippen LogP contribution in [0.2, 0.25) is 0 Å². The summed E-state index contributed by atoms with van der Waals surface area (Å²) in [6, 6.07) is 3.35. The molecule has 100 valence electrons. The van der Waals surface area contributed by atoms with Gasteiger partial charge in [0.15, 0.2) is 0 Å². The Labute approximate surface area is 110 Å². The van der Waals surface area contributed by atoms with Gasteiger partial charge in [-0.25, -0.2) is 9.59 Å². The van der Waals surface area contributed by atoms with Gasteiger partial charge in [0.25, 0.3) is 0 Å². The Kier molecular flexibility index (Phi) is 5.44. The first-order valence-corrected chi connectivity index (χ1v) is 6.37. The fraction of sp³-hybridized carbons (Fsp3) is 0.455. The van der Waals surface area contributed by atoms with Gasteiger partial charge in [-0.2, -0.15) is 0 Å². The second kappa shape index (κ2) is 6.85. The molecule has 0 aromatic carbocycles. The third-order valence-corrected chi connectivity index (χ3v) is 2.99. The maximum absolute atomic E-state index is 11.5. The highest BCUT2D eigenvalue weighted by molar-refractivity contribution is 7.16. The molecule has 6 nitrogen and oxygen atoms in total. The minimum absolute atomic E-state index is 0.175. The number of thiophene rings is 1. The van der Waals surface area contributed by atoms with E-state index in [1.807, 2.05) is 19.1 Å². The number of hydrogen-bond acceptors (Lipinski definition) is 3. The number of aryl methyl sites for hydroxylation is 1. The Morgan fingerprint density at radius 2 is 1.89 bits per heavy atom. The molecule has 0 fully saturated rings. The molecular formula is C11H18N4O2S. The van der Waals surface area contributed by atoms with Gasteiger partial charge >= 0.3 is 12.1 Å². The topological polar surface area (TPSA) is 73.5 Å². The van der Waals surface area contributed by atoms with Gasteiger partial charge in [-0.3, -0.25) is 5.32 Å². The first kappa shape index (κ1) is 14.3. The van der Waals surface area contributed by atoms with Crippen LogP contribution in [0.4, 0.5) is 14.6 Å². The number of carbonyl (C=O) groups excluding carboxylic acids is 2. The van der Waals surface area contributed by atoms with Gasteiger partial charge in [-0.05, 0) is 19.1 Å². The molecule has 7 heteroatoms. The predicted octanol–water partition coefficient (Wildman–Crippen LogP) is 1.45. The van der Waals surface area contributed by atoms with Crippen LogP contribution < -0.4 is 16.0 Å². The number of anilines is 1. The van der Waals surface area contributed by atoms with E-state index in [-0.39, 0.29) is 12.1 Å². The monoisotopic (exact) mass is 270 g/mol. The summed E-state index contributed by atoms with van der Waals surface area (Å²) in [5, 5.41) is 8.84. The zero-order valence-electron chi connectivity index (χ0n) is 10.7. The average Bonchev–Trinajstić information content (AvgIpc) is 2.69. The summed E-state index contributed by atoms with van der Waals surface area (Å²) >= 11 is 1.52. The molecule has 0 aliphatic rings. The molecule has 0 bridgehead atoms. The summed E-state index contributed by atoms with van der Waals surface area (Å²) in [5.41, 5.74) is 0. The summed E-state index contributed by atoms with van der Waals surface area (Å²) in [6.07, 6.45) is 0. The quantitative estimate of drug-likeness (QED) is 0.724. The van der Waals surface area contributed by atoms with E-state index in [2.05, 4.69) is 16.0 Å². The molecule has 1 rings (SSSR count). The van der Waals surface area contributed by atoms with Gasteiger partial charge in [0.2, 0.25) is 0 Å². The van der Waals surface area contributed by atoms with Crippen molar-refractivity contribution in [2.45, 2.75) is 6.92 Å². The molecule has 18 heavy (non-hydrogen) atoms. The number of urea groups is 2. The van der Waals surface area contributed by atoms with Crippen molar-refractivity contribution < 1.29 is 9.59 Å². The van der Waals surface area contributed by atoms with Crippen molar-refractivity contribution in [3.8, 4) is 0 Å². The van der Waals surface area contributed by atoms with Crippen LogP contribution in [0.25, 0.3) is 0 Å². The largest absolute Gasteiger partial charge is 0.336 e. The van der Waals surface area contributed by atoms with E-state index in [9.17, 15) is 9.59 Å². The molecule has 4 amide bonds. The molecule has 0 unspecified atom stereocenters. The van der Waals surface area contributed by atoms with Crippen LogP contribution in [0.5, 0.6) is 0 Å². The van der Waals surface area contributed by atoms with E-state index < -0.39 is 0 Å². The Hall–Kier alpha value is -1.76. The van der Waals surface area contributed by atoms with Crippen molar-refractivity contribution >= 4 is 28.4 Å². The zero-order chi connectivity index (χ0) is 13.5. The number of carbonyl (C=O) groups is 2. The highest BCUT2D eigenvalue weighted by atomic mass is 32.1. The third kappa shape index (κ3) is 5.05. The van der Waals surface area contributed by atoms with Gasteiger partial charge in [-0.1, -0.05) is 0 Å². The van der Waals surface area contributed by atoms with Crippen LogP contribution in [0.1, 0.15) is 4.88 Å². The normalized spacial score (nSPS) is 9.72. The van der Waals surface area contributed by atoms with Crippen molar-refractivity contribution in [2.75, 3.05) is 32.5 Å². The number of hydrogen-bond donors (Lipinski definition) is 3. The van der Waals surface area contributed by atoms with Gasteiger partial charge in [-0.15, -0.1) is 11.3 Å². The lowest BCUT2D eigenvalue weighted by Crippen LogP contribution is -2.40. The summed E-state index contributed by atoms with van der Waals surface area (Å²) in [7, 11) is 3.32. The minimum Gasteiger partial charge on any atom is -0.336 e. The minimum atomic E-state index is -0.268.